The summed E-state index contributed by atoms with van der Waals surface area (Å²) >= 11 is 5.68. The Hall–Kier alpha value is -2.69. The Labute approximate surface area is 178 Å². The highest BCUT2D eigenvalue weighted by molar-refractivity contribution is 7.89. The minimum Gasteiger partial charge on any atom is -0.497 e. The van der Waals surface area contributed by atoms with Gasteiger partial charge < -0.3 is 14.0 Å². The molecule has 1 heterocycles. The zero-order chi connectivity index (χ0) is 21.7. The average Bonchev–Trinajstić information content (AvgIpc) is 3.20. The molecule has 0 fully saturated rings. The van der Waals surface area contributed by atoms with Gasteiger partial charge in [-0.15, -0.1) is 0 Å². The number of benzene rings is 2. The topological polar surface area (TPSA) is 94.8 Å². The lowest BCUT2D eigenvalue weighted by Gasteiger charge is -2.16. The Kier molecular flexibility index (Phi) is 6.91. The lowest BCUT2D eigenvalue weighted by Crippen LogP contribution is -2.29. The zero-order valence-corrected chi connectivity index (χ0v) is 17.8. The molecule has 0 saturated carbocycles. The van der Waals surface area contributed by atoms with Gasteiger partial charge in [0, 0.05) is 20.0 Å². The number of halogens is 2. The molecule has 1 aromatic heterocycles. The van der Waals surface area contributed by atoms with Gasteiger partial charge in [-0.2, -0.15) is 4.98 Å². The molecule has 0 atom stereocenters. The smallest absolute Gasteiger partial charge is 0.264 e. The van der Waals surface area contributed by atoms with Crippen molar-refractivity contribution < 1.29 is 26.8 Å². The van der Waals surface area contributed by atoms with E-state index in [1.165, 1.54) is 7.05 Å². The van der Waals surface area contributed by atoms with E-state index in [0.29, 0.717) is 17.3 Å². The fourth-order valence-electron chi connectivity index (χ4n) is 2.46. The maximum absolute atomic E-state index is 13.3. The van der Waals surface area contributed by atoms with Crippen molar-refractivity contribution >= 4 is 21.6 Å². The van der Waals surface area contributed by atoms with Gasteiger partial charge in [-0.3, -0.25) is 0 Å². The number of nitrogens with zero attached hydrogens (tertiary/aromatic N) is 3. The Morgan fingerprint density at radius 3 is 2.53 bits per heavy atom. The Morgan fingerprint density at radius 1 is 1.17 bits per heavy atom. The first-order valence-electron chi connectivity index (χ1n) is 8.79. The number of likely N-dealkylation sites (N-methyl/N-ethyl adjacent to an activating group) is 1. The number of rotatable bonds is 9. The van der Waals surface area contributed by atoms with Crippen LogP contribution in [0, 0.1) is 5.82 Å². The van der Waals surface area contributed by atoms with E-state index in [9.17, 15) is 12.8 Å². The maximum atomic E-state index is 13.3. The molecule has 2 aromatic carbocycles. The predicted octanol–water partition coefficient (Wildman–Crippen LogP) is 3.31. The van der Waals surface area contributed by atoms with Crippen LogP contribution in [0.25, 0.3) is 0 Å². The van der Waals surface area contributed by atoms with Gasteiger partial charge in [-0.25, -0.2) is 17.1 Å². The molecule has 11 heteroatoms. The molecule has 0 aliphatic heterocycles. The summed E-state index contributed by atoms with van der Waals surface area (Å²) in [6.07, 6.45) is 0.219. The van der Waals surface area contributed by atoms with Crippen molar-refractivity contribution in [3.05, 3.63) is 65.0 Å². The Balaban J connectivity index is 1.55. The third-order valence-corrected chi connectivity index (χ3v) is 6.32. The molecule has 3 rings (SSSR count). The third kappa shape index (κ3) is 5.26. The number of hydrogen-bond donors (Lipinski definition) is 0. The first kappa shape index (κ1) is 22.0. The molecule has 0 bridgehead atoms. The molecular weight excluding hydrogens is 437 g/mol. The largest absolute Gasteiger partial charge is 0.497 e. The van der Waals surface area contributed by atoms with Crippen LogP contribution in [0.4, 0.5) is 4.39 Å². The highest BCUT2D eigenvalue weighted by Crippen LogP contribution is 2.22. The highest BCUT2D eigenvalue weighted by atomic mass is 35.5. The van der Waals surface area contributed by atoms with Crippen LogP contribution in [0.2, 0.25) is 5.02 Å². The van der Waals surface area contributed by atoms with E-state index >= 15 is 0 Å². The minimum atomic E-state index is -3.83. The summed E-state index contributed by atoms with van der Waals surface area (Å²) in [4.78, 5) is 4.09. The summed E-state index contributed by atoms with van der Waals surface area (Å²) in [7, 11) is -0.853. The summed E-state index contributed by atoms with van der Waals surface area (Å²) in [6, 6.07) is 10.3. The molecule has 8 nitrogen and oxygen atoms in total. The van der Waals surface area contributed by atoms with Gasteiger partial charge >= 0.3 is 0 Å². The molecule has 160 valence electrons. The van der Waals surface area contributed by atoms with Crippen molar-refractivity contribution in [3.8, 4) is 11.5 Å². The zero-order valence-electron chi connectivity index (χ0n) is 16.2. The van der Waals surface area contributed by atoms with E-state index < -0.39 is 15.8 Å². The number of ether oxygens (including phenoxy) is 2. The summed E-state index contributed by atoms with van der Waals surface area (Å²) in [5.41, 5.74) is 0. The van der Waals surface area contributed by atoms with Crippen molar-refractivity contribution in [2.75, 3.05) is 20.7 Å². The molecule has 0 aliphatic carbocycles. The van der Waals surface area contributed by atoms with E-state index in [1.807, 2.05) is 0 Å². The summed E-state index contributed by atoms with van der Waals surface area (Å²) in [5.74, 6) is 1.23. The number of methoxy groups -OCH3 is 1. The SMILES string of the molecule is COc1ccc(OCc2nc(CCN(C)S(=O)(=O)c3ccc(F)c(Cl)c3)no2)cc1. The molecule has 0 aliphatic rings. The lowest BCUT2D eigenvalue weighted by atomic mass is 10.3. The van der Waals surface area contributed by atoms with Crippen LogP contribution < -0.4 is 9.47 Å². The average molecular weight is 456 g/mol. The first-order valence-corrected chi connectivity index (χ1v) is 10.6. The number of hydrogen-bond acceptors (Lipinski definition) is 7. The normalized spacial score (nSPS) is 11.6. The van der Waals surface area contributed by atoms with E-state index in [2.05, 4.69) is 10.1 Å². The third-order valence-electron chi connectivity index (χ3n) is 4.18. The molecule has 0 spiro atoms. The van der Waals surface area contributed by atoms with Crippen LogP contribution in [0.5, 0.6) is 11.5 Å². The summed E-state index contributed by atoms with van der Waals surface area (Å²) < 4.78 is 55.3. The maximum Gasteiger partial charge on any atom is 0.264 e. The number of aromatic nitrogens is 2. The second-order valence-electron chi connectivity index (χ2n) is 6.22. The van der Waals surface area contributed by atoms with E-state index in [1.54, 1.807) is 31.4 Å². The Bertz CT molecular complexity index is 1110. The molecule has 0 amide bonds. The van der Waals surface area contributed by atoms with Gasteiger partial charge in [0.05, 0.1) is 17.0 Å². The highest BCUT2D eigenvalue weighted by Gasteiger charge is 2.22. The minimum absolute atomic E-state index is 0.0710. The fraction of sp³-hybridized carbons (Fsp3) is 0.263. The van der Waals surface area contributed by atoms with E-state index in [-0.39, 0.29) is 35.4 Å². The van der Waals surface area contributed by atoms with Crippen LogP contribution in [-0.2, 0) is 23.1 Å². The molecule has 0 saturated heterocycles. The molecule has 0 radical (unpaired) electrons. The van der Waals surface area contributed by atoms with Crippen molar-refractivity contribution in [2.45, 2.75) is 17.9 Å². The lowest BCUT2D eigenvalue weighted by molar-refractivity contribution is 0.242. The van der Waals surface area contributed by atoms with Gasteiger partial charge in [0.25, 0.3) is 5.89 Å². The van der Waals surface area contributed by atoms with Crippen molar-refractivity contribution in [3.63, 3.8) is 0 Å². The van der Waals surface area contributed by atoms with Gasteiger partial charge in [-0.05, 0) is 42.5 Å². The molecule has 3 aromatic rings. The van der Waals surface area contributed by atoms with Gasteiger partial charge in [0.2, 0.25) is 10.0 Å². The molecule has 30 heavy (non-hydrogen) atoms. The van der Waals surface area contributed by atoms with Crippen molar-refractivity contribution in [1.29, 1.82) is 0 Å². The van der Waals surface area contributed by atoms with Gasteiger partial charge in [0.15, 0.2) is 12.4 Å². The van der Waals surface area contributed by atoms with E-state index in [4.69, 9.17) is 25.6 Å². The fourth-order valence-corrected chi connectivity index (χ4v) is 3.91. The van der Waals surface area contributed by atoms with Gasteiger partial charge in [-0.1, -0.05) is 16.8 Å². The summed E-state index contributed by atoms with van der Waals surface area (Å²) in [6.45, 7) is 0.164. The van der Waals surface area contributed by atoms with Crippen LogP contribution >= 0.6 is 11.6 Å². The molecular formula is C19H19ClFN3O5S. The van der Waals surface area contributed by atoms with Crippen molar-refractivity contribution in [2.24, 2.45) is 0 Å². The van der Waals surface area contributed by atoms with Crippen LogP contribution in [-0.4, -0.2) is 43.6 Å². The van der Waals surface area contributed by atoms with Crippen LogP contribution in [0.15, 0.2) is 51.9 Å². The van der Waals surface area contributed by atoms with Gasteiger partial charge in [0.1, 0.15) is 17.3 Å². The van der Waals surface area contributed by atoms with Crippen LogP contribution in [0.1, 0.15) is 11.7 Å². The van der Waals surface area contributed by atoms with Crippen molar-refractivity contribution in [1.82, 2.24) is 14.4 Å². The quantitative estimate of drug-likeness (QED) is 0.488. The molecule has 0 N–H and O–H groups in total. The predicted molar refractivity (Wildman–Crippen MR) is 107 cm³/mol. The first-order chi connectivity index (χ1) is 14.3. The second-order valence-corrected chi connectivity index (χ2v) is 8.67. The Morgan fingerprint density at radius 2 is 1.87 bits per heavy atom. The molecule has 0 unspecified atom stereocenters. The standard InChI is InChI=1S/C19H19ClFN3O5S/c1-24(30(25,26)15-7-8-17(21)16(20)11-15)10-9-18-22-19(29-23-18)12-28-14-5-3-13(27-2)4-6-14/h3-8,11H,9-10,12H2,1-2H3. The monoisotopic (exact) mass is 455 g/mol. The summed E-state index contributed by atoms with van der Waals surface area (Å²) in [5, 5.41) is 3.57. The van der Waals surface area contributed by atoms with E-state index in [0.717, 1.165) is 22.5 Å². The number of sulfonamides is 1. The second kappa shape index (κ2) is 9.41. The van der Waals surface area contributed by atoms with Crippen LogP contribution in [0.3, 0.4) is 0 Å².